The van der Waals surface area contributed by atoms with Crippen LogP contribution >= 0.6 is 22.7 Å². The fraction of sp³-hybridized carbons (Fsp3) is 0.375. The van der Waals surface area contributed by atoms with Crippen molar-refractivity contribution in [2.45, 2.75) is 45.2 Å². The van der Waals surface area contributed by atoms with Crippen molar-refractivity contribution < 1.29 is 9.59 Å². The fourth-order valence-corrected chi connectivity index (χ4v) is 5.28. The van der Waals surface area contributed by atoms with E-state index in [4.69, 9.17) is 0 Å². The van der Waals surface area contributed by atoms with Crippen LogP contribution in [0.3, 0.4) is 0 Å². The van der Waals surface area contributed by atoms with E-state index in [1.807, 2.05) is 22.9 Å². The summed E-state index contributed by atoms with van der Waals surface area (Å²) < 4.78 is 0. The van der Waals surface area contributed by atoms with Crippen molar-refractivity contribution in [1.82, 2.24) is 15.2 Å². The highest BCUT2D eigenvalue weighted by molar-refractivity contribution is 7.14. The van der Waals surface area contributed by atoms with E-state index in [-0.39, 0.29) is 23.8 Å². The van der Waals surface area contributed by atoms with Crippen molar-refractivity contribution >= 4 is 39.6 Å². The quantitative estimate of drug-likeness (QED) is 0.526. The summed E-state index contributed by atoms with van der Waals surface area (Å²) in [5, 5.41) is 10.2. The number of rotatable bonds is 8. The van der Waals surface area contributed by atoms with Crippen LogP contribution in [-0.2, 0) is 35.4 Å². The zero-order valence-corrected chi connectivity index (χ0v) is 20.0. The summed E-state index contributed by atoms with van der Waals surface area (Å²) in [7, 11) is 0. The van der Waals surface area contributed by atoms with Crippen LogP contribution in [0.5, 0.6) is 0 Å². The molecule has 6 nitrogen and oxygen atoms in total. The lowest BCUT2D eigenvalue weighted by molar-refractivity contribution is -0.121. The number of thiophene rings is 1. The van der Waals surface area contributed by atoms with Gasteiger partial charge < -0.3 is 10.6 Å². The number of nitrogens with zero attached hydrogens (tertiary/aromatic N) is 2. The molecule has 0 bridgehead atoms. The normalized spacial score (nSPS) is 14.1. The van der Waals surface area contributed by atoms with Crippen LogP contribution in [-0.4, -0.2) is 40.3 Å². The van der Waals surface area contributed by atoms with Crippen molar-refractivity contribution in [3.63, 3.8) is 0 Å². The molecular weight excluding hydrogens is 440 g/mol. The van der Waals surface area contributed by atoms with E-state index in [0.717, 1.165) is 24.4 Å². The number of amides is 2. The highest BCUT2D eigenvalue weighted by Gasteiger charge is 2.30. The number of hydrogen-bond donors (Lipinski definition) is 2. The highest BCUT2D eigenvalue weighted by atomic mass is 32.1. The lowest BCUT2D eigenvalue weighted by Crippen LogP contribution is -2.53. The summed E-state index contributed by atoms with van der Waals surface area (Å²) in [5.41, 5.74) is 3.31. The minimum atomic E-state index is -0.147. The first-order valence-corrected chi connectivity index (χ1v) is 12.5. The van der Waals surface area contributed by atoms with Gasteiger partial charge in [0.25, 0.3) is 0 Å². The van der Waals surface area contributed by atoms with Crippen molar-refractivity contribution in [1.29, 1.82) is 0 Å². The Hall–Kier alpha value is -2.55. The molecule has 3 heterocycles. The van der Waals surface area contributed by atoms with Crippen molar-refractivity contribution in [3.8, 4) is 0 Å². The van der Waals surface area contributed by atoms with Crippen LogP contribution in [0.4, 0.5) is 5.13 Å². The zero-order valence-electron chi connectivity index (χ0n) is 18.4. The molecule has 1 aromatic carbocycles. The molecule has 0 fully saturated rings. The molecule has 0 radical (unpaired) electrons. The molecule has 0 saturated carbocycles. The van der Waals surface area contributed by atoms with E-state index >= 15 is 0 Å². The molecular formula is C24H28N4O2S2. The summed E-state index contributed by atoms with van der Waals surface area (Å²) in [6, 6.07) is 12.4. The van der Waals surface area contributed by atoms with Gasteiger partial charge in [0.1, 0.15) is 0 Å². The number of anilines is 1. The molecule has 0 atom stereocenters. The van der Waals surface area contributed by atoms with Gasteiger partial charge in [0.05, 0.1) is 18.5 Å². The van der Waals surface area contributed by atoms with Crippen LogP contribution in [0.2, 0.25) is 0 Å². The van der Waals surface area contributed by atoms with Crippen LogP contribution in [0, 0.1) is 0 Å². The van der Waals surface area contributed by atoms with Gasteiger partial charge in [-0.15, -0.1) is 22.7 Å². The van der Waals surface area contributed by atoms with Gasteiger partial charge in [0.2, 0.25) is 11.8 Å². The number of nitrogens with one attached hydrogen (secondary N) is 2. The highest BCUT2D eigenvalue weighted by Crippen LogP contribution is 2.25. The third-order valence-electron chi connectivity index (χ3n) is 5.76. The first-order chi connectivity index (χ1) is 15.4. The smallest absolute Gasteiger partial charge is 0.231 e. The predicted molar refractivity (Wildman–Crippen MR) is 130 cm³/mol. The largest absolute Gasteiger partial charge is 0.354 e. The Labute approximate surface area is 196 Å². The van der Waals surface area contributed by atoms with Crippen molar-refractivity contribution in [2.24, 2.45) is 0 Å². The molecule has 2 aromatic heterocycles. The standard InChI is InChI=1S/C24H28N4O2S2/c1-24(2,28-10-9-17-6-3-4-7-18(17)14-28)16-25-21(29)12-19-15-32-23(26-19)27-22(30)13-20-8-5-11-31-20/h3-8,11,15H,9-10,12-14,16H2,1-2H3,(H,25,29)(H,26,27,30). The summed E-state index contributed by atoms with van der Waals surface area (Å²) in [6.07, 6.45) is 1.58. The van der Waals surface area contributed by atoms with E-state index in [9.17, 15) is 9.59 Å². The minimum Gasteiger partial charge on any atom is -0.354 e. The van der Waals surface area contributed by atoms with Gasteiger partial charge in [-0.1, -0.05) is 30.3 Å². The van der Waals surface area contributed by atoms with Gasteiger partial charge in [-0.3, -0.25) is 14.5 Å². The summed E-state index contributed by atoms with van der Waals surface area (Å²) >= 11 is 2.90. The number of aromatic nitrogens is 1. The topological polar surface area (TPSA) is 74.3 Å². The van der Waals surface area contributed by atoms with E-state index in [2.05, 4.69) is 58.6 Å². The van der Waals surface area contributed by atoms with Crippen molar-refractivity contribution in [3.05, 3.63) is 68.9 Å². The lowest BCUT2D eigenvalue weighted by Gasteiger charge is -2.41. The van der Waals surface area contributed by atoms with Crippen LogP contribution in [0.1, 0.15) is 35.5 Å². The van der Waals surface area contributed by atoms with Gasteiger partial charge in [0.15, 0.2) is 5.13 Å². The maximum Gasteiger partial charge on any atom is 0.231 e. The first-order valence-electron chi connectivity index (χ1n) is 10.7. The van der Waals surface area contributed by atoms with Crippen LogP contribution in [0.15, 0.2) is 47.2 Å². The summed E-state index contributed by atoms with van der Waals surface area (Å²) in [6.45, 7) is 6.80. The lowest BCUT2D eigenvalue weighted by atomic mass is 9.94. The number of benzene rings is 1. The Morgan fingerprint density at radius 3 is 2.66 bits per heavy atom. The number of carbonyl (C=O) groups is 2. The molecule has 0 saturated heterocycles. The number of carbonyl (C=O) groups excluding carboxylic acids is 2. The zero-order chi connectivity index (χ0) is 22.6. The molecule has 1 aliphatic heterocycles. The second-order valence-electron chi connectivity index (χ2n) is 8.65. The van der Waals surface area contributed by atoms with Gasteiger partial charge in [-0.25, -0.2) is 4.98 Å². The minimum absolute atomic E-state index is 0.0581. The predicted octanol–water partition coefficient (Wildman–Crippen LogP) is 3.88. The maximum atomic E-state index is 12.5. The molecule has 0 unspecified atom stereocenters. The van der Waals surface area contributed by atoms with E-state index in [0.29, 0.717) is 23.8 Å². The maximum absolute atomic E-state index is 12.5. The van der Waals surface area contributed by atoms with Crippen molar-refractivity contribution in [2.75, 3.05) is 18.4 Å². The molecule has 4 rings (SSSR count). The van der Waals surface area contributed by atoms with E-state index < -0.39 is 0 Å². The second-order valence-corrected chi connectivity index (χ2v) is 10.5. The number of thiazole rings is 1. The molecule has 32 heavy (non-hydrogen) atoms. The SMILES string of the molecule is CC(C)(CNC(=O)Cc1csc(NC(=O)Cc2cccs2)n1)N1CCc2ccccc2C1. The summed E-state index contributed by atoms with van der Waals surface area (Å²) in [5.74, 6) is -0.153. The Balaban J connectivity index is 1.25. The second kappa shape index (κ2) is 9.94. The van der Waals surface area contributed by atoms with E-state index in [1.165, 1.54) is 22.5 Å². The van der Waals surface area contributed by atoms with Gasteiger partial charge in [-0.2, -0.15) is 0 Å². The molecule has 8 heteroatoms. The molecule has 0 aliphatic carbocycles. The van der Waals surface area contributed by atoms with Crippen LogP contribution < -0.4 is 10.6 Å². The first kappa shape index (κ1) is 22.6. The molecule has 1 aliphatic rings. The average molecular weight is 469 g/mol. The van der Waals surface area contributed by atoms with E-state index in [1.54, 1.807) is 11.3 Å². The van der Waals surface area contributed by atoms with Gasteiger partial charge >= 0.3 is 0 Å². The monoisotopic (exact) mass is 468 g/mol. The Kier molecular flexibility index (Phi) is 7.03. The van der Waals surface area contributed by atoms with Crippen LogP contribution in [0.25, 0.3) is 0 Å². The Morgan fingerprint density at radius 1 is 1.06 bits per heavy atom. The molecule has 2 N–H and O–H groups in total. The fourth-order valence-electron chi connectivity index (χ4n) is 3.85. The Bertz CT molecular complexity index is 1080. The molecule has 2 amide bonds. The third kappa shape index (κ3) is 5.82. The average Bonchev–Trinajstić information content (AvgIpc) is 3.44. The van der Waals surface area contributed by atoms with Gasteiger partial charge in [0, 0.05) is 35.4 Å². The molecule has 0 spiro atoms. The number of hydrogen-bond acceptors (Lipinski definition) is 6. The molecule has 3 aromatic rings. The molecule has 168 valence electrons. The number of fused-ring (bicyclic) bond motifs is 1. The third-order valence-corrected chi connectivity index (χ3v) is 7.44. The Morgan fingerprint density at radius 2 is 1.88 bits per heavy atom. The summed E-state index contributed by atoms with van der Waals surface area (Å²) in [4.78, 5) is 32.5. The van der Waals surface area contributed by atoms with Gasteiger partial charge in [-0.05, 0) is 42.8 Å².